The molecule has 29 heavy (non-hydrogen) atoms. The lowest BCUT2D eigenvalue weighted by Crippen LogP contribution is -2.29. The summed E-state index contributed by atoms with van der Waals surface area (Å²) in [7, 11) is 0. The van der Waals surface area contributed by atoms with Crippen LogP contribution in [0.4, 0.5) is 0 Å². The average Bonchev–Trinajstić information content (AvgIpc) is 2.74. The maximum atomic E-state index is 5.91. The summed E-state index contributed by atoms with van der Waals surface area (Å²) in [6, 6.07) is 16.9. The molecule has 2 aromatic rings. The van der Waals surface area contributed by atoms with Crippen molar-refractivity contribution in [3.63, 3.8) is 0 Å². The highest BCUT2D eigenvalue weighted by Crippen LogP contribution is 2.15. The molecule has 0 radical (unpaired) electrons. The fourth-order valence-corrected chi connectivity index (χ4v) is 3.43. The van der Waals surface area contributed by atoms with Crippen molar-refractivity contribution >= 4 is 0 Å². The van der Waals surface area contributed by atoms with Gasteiger partial charge in [0.15, 0.2) is 0 Å². The van der Waals surface area contributed by atoms with E-state index >= 15 is 0 Å². The van der Waals surface area contributed by atoms with E-state index in [0.717, 1.165) is 18.8 Å². The van der Waals surface area contributed by atoms with Gasteiger partial charge in [-0.2, -0.15) is 0 Å². The third-order valence-electron chi connectivity index (χ3n) is 5.22. The van der Waals surface area contributed by atoms with Crippen molar-refractivity contribution in [2.24, 2.45) is 0 Å². The molecule has 1 N–H and O–H groups in total. The molecular weight excluding hydrogens is 356 g/mol. The Morgan fingerprint density at radius 1 is 0.828 bits per heavy atom. The number of unbranched alkanes of at least 4 members (excludes halogenated alkanes) is 2. The van der Waals surface area contributed by atoms with E-state index in [-0.39, 0.29) is 0 Å². The third kappa shape index (κ3) is 9.96. The SMILES string of the molecule is CCCCN(CCCC)CCCNCc1ccc(OCc2cccc(C)c2)cc1. The number of nitrogens with one attached hydrogen (secondary N) is 1. The molecule has 0 amide bonds. The van der Waals surface area contributed by atoms with Crippen molar-refractivity contribution in [2.75, 3.05) is 26.2 Å². The fourth-order valence-electron chi connectivity index (χ4n) is 3.43. The third-order valence-corrected chi connectivity index (χ3v) is 5.22. The van der Waals surface area contributed by atoms with Crippen molar-refractivity contribution in [2.45, 2.75) is 66.0 Å². The number of hydrogen-bond acceptors (Lipinski definition) is 3. The van der Waals surface area contributed by atoms with E-state index in [2.05, 4.69) is 79.5 Å². The van der Waals surface area contributed by atoms with E-state index in [1.807, 2.05) is 0 Å². The molecule has 0 aromatic heterocycles. The van der Waals surface area contributed by atoms with Crippen molar-refractivity contribution < 1.29 is 4.74 Å². The normalized spacial score (nSPS) is 11.2. The van der Waals surface area contributed by atoms with Crippen LogP contribution in [-0.4, -0.2) is 31.1 Å². The average molecular weight is 397 g/mol. The molecule has 0 aliphatic carbocycles. The molecule has 0 bridgehead atoms. The minimum atomic E-state index is 0.617. The van der Waals surface area contributed by atoms with Gasteiger partial charge in [-0.15, -0.1) is 0 Å². The summed E-state index contributed by atoms with van der Waals surface area (Å²) >= 11 is 0. The van der Waals surface area contributed by atoms with Gasteiger partial charge >= 0.3 is 0 Å². The van der Waals surface area contributed by atoms with Gasteiger partial charge in [-0.05, 0) is 75.6 Å². The summed E-state index contributed by atoms with van der Waals surface area (Å²) in [5.41, 5.74) is 3.79. The molecule has 0 fully saturated rings. The summed E-state index contributed by atoms with van der Waals surface area (Å²) < 4.78 is 5.91. The summed E-state index contributed by atoms with van der Waals surface area (Å²) in [6.07, 6.45) is 6.41. The number of ether oxygens (including phenoxy) is 1. The van der Waals surface area contributed by atoms with Gasteiger partial charge in [0.2, 0.25) is 0 Å². The topological polar surface area (TPSA) is 24.5 Å². The Morgan fingerprint density at radius 3 is 2.17 bits per heavy atom. The van der Waals surface area contributed by atoms with Crippen molar-refractivity contribution in [3.8, 4) is 5.75 Å². The zero-order valence-electron chi connectivity index (χ0n) is 18.8. The number of nitrogens with zero attached hydrogens (tertiary/aromatic N) is 1. The van der Waals surface area contributed by atoms with E-state index < -0.39 is 0 Å². The molecule has 0 saturated carbocycles. The van der Waals surface area contributed by atoms with Crippen LogP contribution in [0.5, 0.6) is 5.75 Å². The number of benzene rings is 2. The Hall–Kier alpha value is -1.84. The number of rotatable bonds is 15. The van der Waals surface area contributed by atoms with Gasteiger partial charge in [0.1, 0.15) is 12.4 Å². The molecule has 3 heteroatoms. The van der Waals surface area contributed by atoms with Crippen LogP contribution in [-0.2, 0) is 13.2 Å². The second-order valence-corrected chi connectivity index (χ2v) is 8.00. The first kappa shape index (κ1) is 23.4. The van der Waals surface area contributed by atoms with Crippen molar-refractivity contribution in [3.05, 3.63) is 65.2 Å². The van der Waals surface area contributed by atoms with Crippen molar-refractivity contribution in [1.82, 2.24) is 10.2 Å². The largest absolute Gasteiger partial charge is 0.489 e. The molecular formula is C26H40N2O. The van der Waals surface area contributed by atoms with Crippen LogP contribution < -0.4 is 10.1 Å². The van der Waals surface area contributed by atoms with Crippen LogP contribution in [0.15, 0.2) is 48.5 Å². The van der Waals surface area contributed by atoms with Gasteiger partial charge in [-0.1, -0.05) is 68.7 Å². The van der Waals surface area contributed by atoms with Gasteiger partial charge in [0.25, 0.3) is 0 Å². The Labute approximate surface area is 178 Å². The quantitative estimate of drug-likeness (QED) is 0.376. The summed E-state index contributed by atoms with van der Waals surface area (Å²) in [5, 5.41) is 3.59. The van der Waals surface area contributed by atoms with Gasteiger partial charge in [0.05, 0.1) is 0 Å². The highest BCUT2D eigenvalue weighted by atomic mass is 16.5. The number of aryl methyl sites for hydroxylation is 1. The first-order valence-corrected chi connectivity index (χ1v) is 11.4. The van der Waals surface area contributed by atoms with Crippen LogP contribution in [0.2, 0.25) is 0 Å². The Bertz CT molecular complexity index is 661. The lowest BCUT2D eigenvalue weighted by atomic mass is 10.1. The van der Waals surface area contributed by atoms with Gasteiger partial charge in [0, 0.05) is 6.54 Å². The standard InChI is InChI=1S/C26H40N2O/c1-4-6-17-28(18-7-5-2)19-9-16-27-21-24-12-14-26(15-13-24)29-22-25-11-8-10-23(3)20-25/h8,10-15,20,27H,4-7,9,16-19,21-22H2,1-3H3. The minimum absolute atomic E-state index is 0.617. The zero-order chi connectivity index (χ0) is 20.7. The van der Waals surface area contributed by atoms with Crippen LogP contribution >= 0.6 is 0 Å². The first-order chi connectivity index (χ1) is 14.2. The Morgan fingerprint density at radius 2 is 1.52 bits per heavy atom. The molecule has 2 rings (SSSR count). The van der Waals surface area contributed by atoms with Crippen LogP contribution in [0, 0.1) is 6.92 Å². The lowest BCUT2D eigenvalue weighted by Gasteiger charge is -2.22. The van der Waals surface area contributed by atoms with Gasteiger partial charge in [-0.3, -0.25) is 0 Å². The van der Waals surface area contributed by atoms with Crippen LogP contribution in [0.3, 0.4) is 0 Å². The molecule has 0 saturated heterocycles. The molecule has 0 atom stereocenters. The molecule has 3 nitrogen and oxygen atoms in total. The maximum Gasteiger partial charge on any atom is 0.119 e. The summed E-state index contributed by atoms with van der Waals surface area (Å²) in [6.45, 7) is 13.0. The monoisotopic (exact) mass is 396 g/mol. The molecule has 0 aliphatic rings. The fraction of sp³-hybridized carbons (Fsp3) is 0.538. The van der Waals surface area contributed by atoms with Gasteiger partial charge < -0.3 is 15.0 Å². The molecule has 160 valence electrons. The van der Waals surface area contributed by atoms with E-state index in [1.165, 1.54) is 68.4 Å². The number of hydrogen-bond donors (Lipinski definition) is 1. The minimum Gasteiger partial charge on any atom is -0.489 e. The maximum absolute atomic E-state index is 5.91. The van der Waals surface area contributed by atoms with E-state index in [0.29, 0.717) is 6.61 Å². The molecule has 0 aliphatic heterocycles. The second kappa shape index (κ2) is 14.2. The van der Waals surface area contributed by atoms with Crippen LogP contribution in [0.25, 0.3) is 0 Å². The Kier molecular flexibility index (Phi) is 11.5. The second-order valence-electron chi connectivity index (χ2n) is 8.00. The van der Waals surface area contributed by atoms with Crippen LogP contribution in [0.1, 0.15) is 62.6 Å². The van der Waals surface area contributed by atoms with Gasteiger partial charge in [-0.25, -0.2) is 0 Å². The predicted molar refractivity (Wildman–Crippen MR) is 125 cm³/mol. The zero-order valence-corrected chi connectivity index (χ0v) is 18.8. The van der Waals surface area contributed by atoms with E-state index in [9.17, 15) is 0 Å². The highest BCUT2D eigenvalue weighted by Gasteiger charge is 2.03. The molecule has 0 spiro atoms. The smallest absolute Gasteiger partial charge is 0.119 e. The summed E-state index contributed by atoms with van der Waals surface area (Å²) in [4.78, 5) is 2.63. The molecule has 2 aromatic carbocycles. The first-order valence-electron chi connectivity index (χ1n) is 11.4. The van der Waals surface area contributed by atoms with Crippen molar-refractivity contribution in [1.29, 1.82) is 0 Å². The van der Waals surface area contributed by atoms with E-state index in [1.54, 1.807) is 0 Å². The summed E-state index contributed by atoms with van der Waals surface area (Å²) in [5.74, 6) is 0.928. The predicted octanol–water partition coefficient (Wildman–Crippen LogP) is 5.96. The highest BCUT2D eigenvalue weighted by molar-refractivity contribution is 5.28. The molecule has 0 heterocycles. The molecule has 0 unspecified atom stereocenters. The Balaban J connectivity index is 1.64. The van der Waals surface area contributed by atoms with E-state index in [4.69, 9.17) is 4.74 Å². The lowest BCUT2D eigenvalue weighted by molar-refractivity contribution is 0.261.